The van der Waals surface area contributed by atoms with Crippen LogP contribution in [0.15, 0.2) is 23.4 Å². The Morgan fingerprint density at radius 3 is 2.80 bits per heavy atom. The van der Waals surface area contributed by atoms with Gasteiger partial charge in [0, 0.05) is 6.20 Å². The number of anilines is 2. The quantitative estimate of drug-likeness (QED) is 0.0639. The number of fused-ring (bicyclic) bond motifs is 2. The lowest BCUT2D eigenvalue weighted by Gasteiger charge is -2.32. The van der Waals surface area contributed by atoms with E-state index in [2.05, 4.69) is 48.4 Å². The first-order valence-corrected chi connectivity index (χ1v) is 18.1. The van der Waals surface area contributed by atoms with E-state index < -0.39 is 80.7 Å². The summed E-state index contributed by atoms with van der Waals surface area (Å²) in [6, 6.07) is 1.57. The molecule has 10 atom stereocenters. The first kappa shape index (κ1) is 32.7. The van der Waals surface area contributed by atoms with Crippen molar-refractivity contribution in [3.05, 3.63) is 28.9 Å². The molecule has 24 heteroatoms. The number of nitrogens with zero attached hydrogens (tertiary/aromatic N) is 7. The number of ether oxygens (including phenoxy) is 2. The van der Waals surface area contributed by atoms with E-state index in [-0.39, 0.29) is 28.6 Å². The fraction of sp³-hybridized carbons (Fsp3) is 0.455. The highest BCUT2D eigenvalue weighted by Crippen LogP contribution is 2.59. The Kier molecular flexibility index (Phi) is 8.62. The van der Waals surface area contributed by atoms with Gasteiger partial charge >= 0.3 is 7.23 Å². The molecular formula is C22H24FN10O9P2S2+. The topological polar surface area (TPSA) is 274 Å². The van der Waals surface area contributed by atoms with Gasteiger partial charge in [-0.05, 0) is 22.4 Å². The van der Waals surface area contributed by atoms with Crippen molar-refractivity contribution in [1.29, 1.82) is 0 Å². The number of alkyl halides is 1. The Bertz CT molecular complexity index is 1990. The minimum absolute atomic E-state index is 0.146. The molecule has 19 nitrogen and oxygen atoms in total. The zero-order valence-electron chi connectivity index (χ0n) is 23.0. The number of nitrogen functional groups attached to an aromatic ring is 2. The van der Waals surface area contributed by atoms with E-state index in [4.69, 9.17) is 48.2 Å². The maximum atomic E-state index is 15.8. The number of H-pyrrole nitrogens is 1. The molecule has 2 saturated heterocycles. The number of hydrogen-bond donors (Lipinski definition) is 7. The smallest absolute Gasteiger partial charge is 0.394 e. The van der Waals surface area contributed by atoms with Crippen LogP contribution in [0, 0.1) is 12.3 Å². The monoisotopic (exact) mass is 717 g/mol. The van der Waals surface area contributed by atoms with Crippen molar-refractivity contribution < 1.29 is 42.6 Å². The Balaban J connectivity index is 1.34. The average Bonchev–Trinajstić information content (AvgIpc) is 3.76. The highest BCUT2D eigenvalue weighted by molar-refractivity contribution is 8.39. The SMILES string of the molecule is C#C[C@]1(COP(O)(=S)[C@@H]2[C@H](F)[C@@H](CO)O[C@H]2n2nnc3c(=O)[nH]c(N)nc32)O[C@@H](n2ccc3c(N)ncnc32)[C@H](O)[C@@H]1O[P+](=O)S. The lowest BCUT2D eigenvalue weighted by atomic mass is 9.97. The predicted molar refractivity (Wildman–Crippen MR) is 164 cm³/mol. The molecule has 244 valence electrons. The van der Waals surface area contributed by atoms with Crippen molar-refractivity contribution in [2.75, 3.05) is 24.7 Å². The molecule has 0 saturated carbocycles. The van der Waals surface area contributed by atoms with Crippen molar-refractivity contribution in [1.82, 2.24) is 39.5 Å². The molecular weight excluding hydrogens is 693 g/mol. The molecule has 2 aliphatic heterocycles. The van der Waals surface area contributed by atoms with Crippen LogP contribution in [0.5, 0.6) is 0 Å². The van der Waals surface area contributed by atoms with Crippen molar-refractivity contribution in [2.24, 2.45) is 0 Å². The minimum atomic E-state index is -4.42. The van der Waals surface area contributed by atoms with Crippen LogP contribution in [0.4, 0.5) is 16.2 Å². The third kappa shape index (κ3) is 5.36. The number of nitrogens with one attached hydrogen (secondary N) is 1. The largest absolute Gasteiger partial charge is 0.582 e. The summed E-state index contributed by atoms with van der Waals surface area (Å²) in [5.74, 6) is 2.16. The second-order valence-corrected chi connectivity index (χ2v) is 15.4. The lowest BCUT2D eigenvalue weighted by molar-refractivity contribution is -0.0832. The Morgan fingerprint density at radius 1 is 1.35 bits per heavy atom. The molecule has 0 aromatic carbocycles. The molecule has 0 spiro atoms. The van der Waals surface area contributed by atoms with E-state index in [1.807, 2.05) is 0 Å². The average molecular weight is 718 g/mol. The number of nitrogens with two attached hydrogens (primary N) is 2. The summed E-state index contributed by atoms with van der Waals surface area (Å²) in [4.78, 5) is 38.2. The number of aliphatic hydroxyl groups is 2. The molecule has 46 heavy (non-hydrogen) atoms. The van der Waals surface area contributed by atoms with Gasteiger partial charge in [0.25, 0.3) is 5.56 Å². The van der Waals surface area contributed by atoms with Crippen LogP contribution in [0.3, 0.4) is 0 Å². The van der Waals surface area contributed by atoms with Gasteiger partial charge in [0.15, 0.2) is 41.8 Å². The highest BCUT2D eigenvalue weighted by Gasteiger charge is 2.61. The molecule has 4 aromatic heterocycles. The molecule has 6 rings (SSSR count). The van der Waals surface area contributed by atoms with Gasteiger partial charge in [-0.2, -0.15) is 9.67 Å². The highest BCUT2D eigenvalue weighted by atomic mass is 32.7. The number of thiol groups is 1. The fourth-order valence-corrected chi connectivity index (χ4v) is 8.65. The van der Waals surface area contributed by atoms with Gasteiger partial charge in [-0.3, -0.25) is 9.78 Å². The van der Waals surface area contributed by atoms with Crippen LogP contribution in [-0.2, 0) is 34.9 Å². The van der Waals surface area contributed by atoms with Gasteiger partial charge in [0.2, 0.25) is 5.95 Å². The van der Waals surface area contributed by atoms with E-state index in [0.717, 1.165) is 4.68 Å². The molecule has 0 bridgehead atoms. The summed E-state index contributed by atoms with van der Waals surface area (Å²) in [6.07, 6.45) is -1.24. The maximum absolute atomic E-state index is 15.8. The minimum Gasteiger partial charge on any atom is -0.394 e. The van der Waals surface area contributed by atoms with E-state index in [0.29, 0.717) is 5.39 Å². The number of halogens is 1. The van der Waals surface area contributed by atoms with Crippen LogP contribution < -0.4 is 17.0 Å². The van der Waals surface area contributed by atoms with E-state index in [9.17, 15) is 24.5 Å². The van der Waals surface area contributed by atoms with Crippen LogP contribution in [0.1, 0.15) is 12.5 Å². The molecule has 2 aliphatic rings. The molecule has 0 radical (unpaired) electrons. The number of rotatable bonds is 9. The van der Waals surface area contributed by atoms with Gasteiger partial charge in [-0.1, -0.05) is 11.1 Å². The summed E-state index contributed by atoms with van der Waals surface area (Å²) >= 11 is 9.20. The van der Waals surface area contributed by atoms with Crippen LogP contribution in [0.2, 0.25) is 0 Å². The summed E-state index contributed by atoms with van der Waals surface area (Å²) in [7, 11) is -2.69. The van der Waals surface area contributed by atoms with E-state index in [1.165, 1.54) is 17.1 Å². The van der Waals surface area contributed by atoms with E-state index >= 15 is 4.39 Å². The lowest BCUT2D eigenvalue weighted by Crippen LogP contribution is -2.46. The molecule has 8 N–H and O–H groups in total. The molecule has 2 fully saturated rings. The number of aromatic amines is 1. The van der Waals surface area contributed by atoms with Gasteiger partial charge in [-0.25, -0.2) is 14.4 Å². The van der Waals surface area contributed by atoms with Crippen molar-refractivity contribution >= 4 is 71.7 Å². The Hall–Kier alpha value is -3.19. The fourth-order valence-electron chi connectivity index (χ4n) is 5.42. The van der Waals surface area contributed by atoms with E-state index in [1.54, 1.807) is 6.07 Å². The predicted octanol–water partition coefficient (Wildman–Crippen LogP) is -0.727. The normalized spacial score (nSPS) is 31.3. The second-order valence-electron chi connectivity index (χ2n) is 10.2. The third-order valence-corrected chi connectivity index (χ3v) is 11.1. The molecule has 0 amide bonds. The molecule has 2 unspecified atom stereocenters. The molecule has 4 aromatic rings. The number of aromatic nitrogens is 8. The van der Waals surface area contributed by atoms with Crippen molar-refractivity contribution in [3.8, 4) is 12.3 Å². The van der Waals surface area contributed by atoms with Gasteiger partial charge < -0.3 is 45.1 Å². The van der Waals surface area contributed by atoms with Crippen LogP contribution in [-0.4, -0.2) is 104 Å². The van der Waals surface area contributed by atoms with Gasteiger partial charge in [0.1, 0.15) is 54.1 Å². The summed E-state index contributed by atoms with van der Waals surface area (Å²) in [5.41, 5.74) is 6.75. The standard InChI is InChI=1S/C22H23FN10O9P2S2/c1-2-22(14(42-43(37)45)12(35)19(41-22)32-4-3-8-15(24)26-7-27-16(8)32)6-39-44(38,46)13-10(23)9(5-34)40-20(13)33-17-11(30-31-33)18(36)29-21(25)28-17/h1,3-4,7,9-10,12-14,19-20,34-35H,5-6H2,(H6-,24,25,26,27,28,29,31,36,37,38,45,46)/p+1/t9-,10-,12-,13-,14+,19-,20-,22-,44?/m1/s1. The van der Waals surface area contributed by atoms with Gasteiger partial charge in [0.05, 0.1) is 18.6 Å². The number of hydrogen-bond acceptors (Lipinski definition) is 16. The number of terminal acetylenes is 1. The molecule has 6 heterocycles. The summed E-state index contributed by atoms with van der Waals surface area (Å²) in [6.45, 7) is -6.08. The van der Waals surface area contributed by atoms with Crippen molar-refractivity contribution in [3.63, 3.8) is 0 Å². The van der Waals surface area contributed by atoms with Gasteiger partial charge in [-0.15, -0.1) is 16.0 Å². The van der Waals surface area contributed by atoms with Crippen LogP contribution >= 0.6 is 26.0 Å². The zero-order valence-corrected chi connectivity index (χ0v) is 26.5. The first-order valence-electron chi connectivity index (χ1n) is 13.0. The molecule has 0 aliphatic carbocycles. The van der Waals surface area contributed by atoms with Crippen LogP contribution in [0.25, 0.3) is 22.2 Å². The second kappa shape index (κ2) is 12.1. The first-order chi connectivity index (χ1) is 21.8. The van der Waals surface area contributed by atoms with Crippen molar-refractivity contribution in [2.45, 2.75) is 48.2 Å². The maximum Gasteiger partial charge on any atom is 0.582 e. The Labute approximate surface area is 267 Å². The third-order valence-electron chi connectivity index (χ3n) is 7.56. The Morgan fingerprint density at radius 2 is 2.11 bits per heavy atom. The summed E-state index contributed by atoms with van der Waals surface area (Å²) in [5, 5.41) is 29.1. The zero-order chi connectivity index (χ0) is 33.1. The number of aliphatic hydroxyl groups excluding tert-OH is 2. The summed E-state index contributed by atoms with van der Waals surface area (Å²) < 4.78 is 53.1.